The van der Waals surface area contributed by atoms with Crippen molar-refractivity contribution in [1.29, 1.82) is 0 Å². The van der Waals surface area contributed by atoms with Gasteiger partial charge in [0, 0.05) is 6.92 Å². The average molecular weight is 164 g/mol. The fourth-order valence-corrected chi connectivity index (χ4v) is 0.246. The quantitative estimate of drug-likeness (QED) is 0.460. The molecule has 3 heteroatoms. The molecule has 62 valence electrons. The van der Waals surface area contributed by atoms with Crippen LogP contribution < -0.4 is 0 Å². The first-order chi connectivity index (χ1) is 4.68. The van der Waals surface area contributed by atoms with Crippen LogP contribution >= 0.6 is 8.58 Å². The number of carbonyl (C=O) groups is 1. The Bertz CT molecular complexity index is 74.0. The number of hydrogen-bond acceptors (Lipinski definition) is 2. The third-order valence-corrected chi connectivity index (χ3v) is 0.509. The summed E-state index contributed by atoms with van der Waals surface area (Å²) in [7, 11) is 1.08. The van der Waals surface area contributed by atoms with Gasteiger partial charge in [0.05, 0.1) is 6.61 Å². The Morgan fingerprint density at radius 2 is 1.90 bits per heavy atom. The van der Waals surface area contributed by atoms with Gasteiger partial charge in [-0.25, -0.2) is 0 Å². The van der Waals surface area contributed by atoms with Crippen molar-refractivity contribution in [2.45, 2.75) is 20.3 Å². The smallest absolute Gasteiger partial charge is 0.302 e. The van der Waals surface area contributed by atoms with E-state index in [1.165, 1.54) is 6.92 Å². The fourth-order valence-electron chi connectivity index (χ4n) is 0.246. The van der Waals surface area contributed by atoms with E-state index in [2.05, 4.69) is 18.1 Å². The van der Waals surface area contributed by atoms with Crippen molar-refractivity contribution < 1.29 is 9.53 Å². The first-order valence-electron chi connectivity index (χ1n) is 3.40. The molecule has 0 saturated carbocycles. The predicted octanol–water partition coefficient (Wildman–Crippen LogP) is 1.88. The highest BCUT2D eigenvalue weighted by Crippen LogP contribution is 1.84. The van der Waals surface area contributed by atoms with Crippen molar-refractivity contribution in [3.63, 3.8) is 0 Å². The van der Waals surface area contributed by atoms with Crippen molar-refractivity contribution in [2.24, 2.45) is 0 Å². The minimum Gasteiger partial charge on any atom is -0.466 e. The number of rotatable bonds is 2. The number of esters is 1. The van der Waals surface area contributed by atoms with Gasteiger partial charge in [0.25, 0.3) is 0 Å². The molecule has 0 amide bonds. The van der Waals surface area contributed by atoms with Crippen LogP contribution in [0.5, 0.6) is 0 Å². The monoisotopic (exact) mass is 164 g/mol. The van der Waals surface area contributed by atoms with Crippen molar-refractivity contribution in [3.05, 3.63) is 0 Å². The van der Waals surface area contributed by atoms with Crippen LogP contribution in [-0.2, 0) is 9.53 Å². The van der Waals surface area contributed by atoms with Crippen LogP contribution in [0.1, 0.15) is 20.3 Å². The van der Waals surface area contributed by atoms with E-state index in [9.17, 15) is 4.79 Å². The van der Waals surface area contributed by atoms with E-state index < -0.39 is 0 Å². The molecular weight excluding hydrogens is 147 g/mol. The summed E-state index contributed by atoms with van der Waals surface area (Å²) in [5.74, 6) is -0.193. The van der Waals surface area contributed by atoms with Crippen LogP contribution in [0, 0.1) is 0 Å². The Morgan fingerprint density at radius 3 is 2.00 bits per heavy atom. The normalized spacial score (nSPS) is 7.60. The summed E-state index contributed by atoms with van der Waals surface area (Å²) >= 11 is 0. The maximum absolute atomic E-state index is 9.98. The van der Waals surface area contributed by atoms with Gasteiger partial charge >= 0.3 is 5.97 Å². The summed E-state index contributed by atoms with van der Waals surface area (Å²) in [6, 6.07) is 0. The van der Waals surface area contributed by atoms with Gasteiger partial charge in [0.1, 0.15) is 0 Å². The van der Waals surface area contributed by atoms with Crippen LogP contribution in [-0.4, -0.2) is 25.9 Å². The second-order valence-corrected chi connectivity index (χ2v) is 2.84. The van der Waals surface area contributed by atoms with E-state index in [0.29, 0.717) is 6.61 Å². The molecule has 10 heavy (non-hydrogen) atoms. The lowest BCUT2D eigenvalue weighted by Crippen LogP contribution is -1.98. The predicted molar refractivity (Wildman–Crippen MR) is 47.1 cm³/mol. The zero-order valence-corrected chi connectivity index (χ0v) is 8.23. The molecule has 0 aromatic carbocycles. The van der Waals surface area contributed by atoms with Crippen LogP contribution in [0.4, 0.5) is 0 Å². The van der Waals surface area contributed by atoms with Crippen LogP contribution in [0.2, 0.25) is 0 Å². The number of carbonyl (C=O) groups excluding carboxylic acids is 1. The van der Waals surface area contributed by atoms with E-state index in [1.54, 1.807) is 0 Å². The first kappa shape index (κ1) is 12.6. The Morgan fingerprint density at radius 1 is 1.50 bits per heavy atom. The lowest BCUT2D eigenvalue weighted by molar-refractivity contribution is -0.140. The molecule has 0 aromatic rings. The second-order valence-electron chi connectivity index (χ2n) is 1.84. The number of hydrogen-bond donors (Lipinski definition) is 0. The van der Waals surface area contributed by atoms with E-state index in [1.807, 2.05) is 6.92 Å². The summed E-state index contributed by atoms with van der Waals surface area (Å²) < 4.78 is 4.55. The Kier molecular flexibility index (Phi) is 14.7. The molecule has 0 aromatic heterocycles. The van der Waals surface area contributed by atoms with Crippen molar-refractivity contribution in [1.82, 2.24) is 0 Å². The van der Waals surface area contributed by atoms with Gasteiger partial charge in [0.2, 0.25) is 0 Å². The van der Waals surface area contributed by atoms with Gasteiger partial charge in [-0.1, -0.05) is 6.92 Å². The SMILES string of the molecule is CCCOC(C)=O.CPC. The zero-order valence-electron chi connectivity index (χ0n) is 7.23. The largest absolute Gasteiger partial charge is 0.466 e. The molecule has 0 aliphatic rings. The van der Waals surface area contributed by atoms with Crippen molar-refractivity contribution in [3.8, 4) is 0 Å². The fraction of sp³-hybridized carbons (Fsp3) is 0.857. The van der Waals surface area contributed by atoms with E-state index in [-0.39, 0.29) is 5.97 Å². The highest BCUT2D eigenvalue weighted by atomic mass is 31.1. The van der Waals surface area contributed by atoms with Crippen molar-refractivity contribution >= 4 is 14.6 Å². The third-order valence-electron chi connectivity index (χ3n) is 0.509. The third kappa shape index (κ3) is 24.7. The maximum atomic E-state index is 9.98. The minimum absolute atomic E-state index is 0.193. The van der Waals surface area contributed by atoms with Gasteiger partial charge < -0.3 is 4.74 Å². The van der Waals surface area contributed by atoms with Crippen LogP contribution in [0.3, 0.4) is 0 Å². The minimum atomic E-state index is -0.193. The standard InChI is InChI=1S/C5H10O2.C2H7P/c1-3-4-7-5(2)6;1-3-2/h3-4H2,1-2H3;3H,1-2H3. The van der Waals surface area contributed by atoms with Crippen LogP contribution in [0.25, 0.3) is 0 Å². The molecule has 0 atom stereocenters. The van der Waals surface area contributed by atoms with Gasteiger partial charge in [0.15, 0.2) is 0 Å². The summed E-state index contributed by atoms with van der Waals surface area (Å²) in [6.45, 7) is 8.23. The molecule has 0 aliphatic heterocycles. The molecule has 0 spiro atoms. The molecule has 0 radical (unpaired) electrons. The van der Waals surface area contributed by atoms with E-state index >= 15 is 0 Å². The summed E-state index contributed by atoms with van der Waals surface area (Å²) in [4.78, 5) is 9.98. The highest BCUT2D eigenvalue weighted by Gasteiger charge is 1.85. The molecular formula is C7H17O2P. The average Bonchev–Trinajstić information content (AvgIpc) is 1.85. The second kappa shape index (κ2) is 11.7. The van der Waals surface area contributed by atoms with Gasteiger partial charge in [-0.15, -0.1) is 8.58 Å². The highest BCUT2D eigenvalue weighted by molar-refractivity contribution is 7.35. The van der Waals surface area contributed by atoms with Crippen LogP contribution in [0.15, 0.2) is 0 Å². The van der Waals surface area contributed by atoms with Gasteiger partial charge in [-0.05, 0) is 19.8 Å². The van der Waals surface area contributed by atoms with E-state index in [0.717, 1.165) is 15.0 Å². The van der Waals surface area contributed by atoms with Gasteiger partial charge in [-0.3, -0.25) is 4.79 Å². The molecule has 0 N–H and O–H groups in total. The lowest BCUT2D eigenvalue weighted by Gasteiger charge is -1.93. The molecule has 0 bridgehead atoms. The summed E-state index contributed by atoms with van der Waals surface area (Å²) in [5, 5.41) is 0. The lowest BCUT2D eigenvalue weighted by atomic mass is 10.5. The zero-order chi connectivity index (χ0) is 8.41. The summed E-state index contributed by atoms with van der Waals surface area (Å²) in [5.41, 5.74) is 0. The molecule has 0 unspecified atom stereocenters. The Hall–Kier alpha value is -0.100. The molecule has 0 fully saturated rings. The Balaban J connectivity index is 0. The molecule has 0 saturated heterocycles. The Labute approximate surface area is 65.1 Å². The maximum Gasteiger partial charge on any atom is 0.302 e. The number of ether oxygens (including phenoxy) is 1. The molecule has 0 aliphatic carbocycles. The molecule has 0 rings (SSSR count). The topological polar surface area (TPSA) is 26.3 Å². The van der Waals surface area contributed by atoms with Gasteiger partial charge in [-0.2, -0.15) is 0 Å². The van der Waals surface area contributed by atoms with E-state index in [4.69, 9.17) is 0 Å². The van der Waals surface area contributed by atoms with Crippen molar-refractivity contribution in [2.75, 3.05) is 19.9 Å². The molecule has 2 nitrogen and oxygen atoms in total. The first-order valence-corrected chi connectivity index (χ1v) is 5.40. The molecule has 0 heterocycles. The summed E-state index contributed by atoms with van der Waals surface area (Å²) in [6.07, 6.45) is 0.902.